The molecule has 0 aliphatic carbocycles. The van der Waals surface area contributed by atoms with Crippen LogP contribution in [0, 0.1) is 0 Å². The molecule has 0 saturated carbocycles. The van der Waals surface area contributed by atoms with Crippen LogP contribution in [0.25, 0.3) is 0 Å². The number of sulfone groups is 1. The van der Waals surface area contributed by atoms with Gasteiger partial charge in [0.25, 0.3) is 0 Å². The number of hydrogen-bond acceptors (Lipinski definition) is 3. The van der Waals surface area contributed by atoms with E-state index in [1.807, 2.05) is 0 Å². The summed E-state index contributed by atoms with van der Waals surface area (Å²) in [6.45, 7) is -1.16. The Labute approximate surface area is 128 Å². The number of amides is 1. The van der Waals surface area contributed by atoms with Gasteiger partial charge in [0.1, 0.15) is 0 Å². The number of alkyl halides is 5. The lowest BCUT2D eigenvalue weighted by Gasteiger charge is -2.24. The fourth-order valence-electron chi connectivity index (χ4n) is 2.29. The molecule has 1 aromatic rings. The van der Waals surface area contributed by atoms with Gasteiger partial charge in [-0.05, 0) is 18.6 Å². The van der Waals surface area contributed by atoms with E-state index < -0.39 is 46.2 Å². The third-order valence-electron chi connectivity index (χ3n) is 3.57. The molecule has 1 unspecified atom stereocenters. The molecule has 1 aliphatic rings. The topological polar surface area (TPSA) is 54.5 Å². The second-order valence-electron chi connectivity index (χ2n) is 5.09. The molecule has 1 aliphatic heterocycles. The monoisotopic (exact) mass is 357 g/mol. The van der Waals surface area contributed by atoms with E-state index in [2.05, 4.69) is 0 Å². The van der Waals surface area contributed by atoms with Crippen molar-refractivity contribution in [3.8, 4) is 0 Å². The van der Waals surface area contributed by atoms with E-state index >= 15 is 0 Å². The minimum atomic E-state index is -6.01. The SMILES string of the molecule is O=C(N1CCC(S(=O)(=O)c2ccccc2)C1)C(F)(F)C(F)(F)F. The van der Waals surface area contributed by atoms with E-state index in [0.717, 1.165) is 0 Å². The number of benzene rings is 1. The molecule has 128 valence electrons. The van der Waals surface area contributed by atoms with Gasteiger partial charge in [-0.1, -0.05) is 18.2 Å². The molecular weight excluding hydrogens is 345 g/mol. The molecule has 1 heterocycles. The molecule has 1 saturated heterocycles. The first kappa shape index (κ1) is 17.6. The van der Waals surface area contributed by atoms with E-state index in [4.69, 9.17) is 0 Å². The number of carbonyl (C=O) groups is 1. The molecule has 23 heavy (non-hydrogen) atoms. The van der Waals surface area contributed by atoms with Crippen molar-refractivity contribution in [1.82, 2.24) is 4.90 Å². The van der Waals surface area contributed by atoms with Crippen LogP contribution in [0.2, 0.25) is 0 Å². The zero-order chi connectivity index (χ0) is 17.5. The van der Waals surface area contributed by atoms with E-state index in [0.29, 0.717) is 0 Å². The summed E-state index contributed by atoms with van der Waals surface area (Å²) in [5.74, 6) is -7.95. The Morgan fingerprint density at radius 1 is 1.09 bits per heavy atom. The molecule has 0 radical (unpaired) electrons. The summed E-state index contributed by atoms with van der Waals surface area (Å²) in [5, 5.41) is -1.21. The Morgan fingerprint density at radius 3 is 2.17 bits per heavy atom. The standard InChI is InChI=1S/C13H12F5NO3S/c14-12(15,13(16,17)18)11(20)19-7-6-10(8-19)23(21,22)9-4-2-1-3-5-9/h1-5,10H,6-8H2. The minimum Gasteiger partial charge on any atom is -0.336 e. The molecular formula is C13H12F5NO3S. The molecule has 1 atom stereocenters. The van der Waals surface area contributed by atoms with Crippen molar-refractivity contribution in [3.63, 3.8) is 0 Å². The normalized spacial score (nSPS) is 19.9. The predicted octanol–water partition coefficient (Wildman–Crippen LogP) is 2.26. The highest BCUT2D eigenvalue weighted by Gasteiger charge is 2.65. The first-order chi connectivity index (χ1) is 10.5. The largest absolute Gasteiger partial charge is 0.463 e. The Balaban J connectivity index is 2.18. The van der Waals surface area contributed by atoms with Gasteiger partial charge in [0, 0.05) is 13.1 Å². The van der Waals surface area contributed by atoms with Crippen molar-refractivity contribution in [2.24, 2.45) is 0 Å². The molecule has 0 spiro atoms. The third kappa shape index (κ3) is 3.17. The number of hydrogen-bond donors (Lipinski definition) is 0. The van der Waals surface area contributed by atoms with Crippen LogP contribution < -0.4 is 0 Å². The van der Waals surface area contributed by atoms with Crippen molar-refractivity contribution in [3.05, 3.63) is 30.3 Å². The highest BCUT2D eigenvalue weighted by atomic mass is 32.2. The fourth-order valence-corrected chi connectivity index (χ4v) is 4.00. The van der Waals surface area contributed by atoms with E-state index in [9.17, 15) is 35.2 Å². The van der Waals surface area contributed by atoms with Crippen LogP contribution in [-0.4, -0.2) is 49.7 Å². The van der Waals surface area contributed by atoms with Gasteiger partial charge in [-0.2, -0.15) is 22.0 Å². The van der Waals surface area contributed by atoms with Gasteiger partial charge in [0.05, 0.1) is 10.1 Å². The van der Waals surface area contributed by atoms with E-state index in [1.54, 1.807) is 6.07 Å². The second kappa shape index (κ2) is 5.73. The molecule has 0 bridgehead atoms. The Hall–Kier alpha value is -1.71. The van der Waals surface area contributed by atoms with Gasteiger partial charge >= 0.3 is 18.0 Å². The van der Waals surface area contributed by atoms with Crippen molar-refractivity contribution in [2.75, 3.05) is 13.1 Å². The molecule has 0 aromatic heterocycles. The Kier molecular flexibility index (Phi) is 4.40. The highest BCUT2D eigenvalue weighted by molar-refractivity contribution is 7.92. The number of likely N-dealkylation sites (tertiary alicyclic amines) is 1. The smallest absolute Gasteiger partial charge is 0.336 e. The lowest BCUT2D eigenvalue weighted by atomic mass is 10.3. The van der Waals surface area contributed by atoms with Gasteiger partial charge < -0.3 is 4.90 Å². The lowest BCUT2D eigenvalue weighted by molar-refractivity contribution is -0.274. The summed E-state index contributed by atoms with van der Waals surface area (Å²) in [4.78, 5) is 11.6. The third-order valence-corrected chi connectivity index (χ3v) is 5.76. The minimum absolute atomic E-state index is 0.0677. The van der Waals surface area contributed by atoms with Gasteiger partial charge in [-0.3, -0.25) is 4.79 Å². The number of nitrogens with zero attached hydrogens (tertiary/aromatic N) is 1. The average molecular weight is 357 g/mol. The maximum absolute atomic E-state index is 13.1. The lowest BCUT2D eigenvalue weighted by Crippen LogP contribution is -2.51. The predicted molar refractivity (Wildman–Crippen MR) is 69.6 cm³/mol. The van der Waals surface area contributed by atoms with E-state index in [-0.39, 0.29) is 16.2 Å². The van der Waals surface area contributed by atoms with Crippen molar-refractivity contribution in [2.45, 2.75) is 28.7 Å². The zero-order valence-corrected chi connectivity index (χ0v) is 12.4. The molecule has 0 N–H and O–H groups in total. The van der Waals surface area contributed by atoms with Gasteiger partial charge in [-0.25, -0.2) is 8.42 Å². The van der Waals surface area contributed by atoms with Crippen LogP contribution in [0.1, 0.15) is 6.42 Å². The number of halogens is 5. The van der Waals surface area contributed by atoms with Crippen molar-refractivity contribution >= 4 is 15.7 Å². The molecule has 10 heteroatoms. The van der Waals surface area contributed by atoms with Gasteiger partial charge in [0.15, 0.2) is 9.84 Å². The van der Waals surface area contributed by atoms with Crippen LogP contribution in [0.3, 0.4) is 0 Å². The summed E-state index contributed by atoms with van der Waals surface area (Å²) in [6.07, 6.45) is -6.21. The molecule has 4 nitrogen and oxygen atoms in total. The highest BCUT2D eigenvalue weighted by Crippen LogP contribution is 2.38. The maximum Gasteiger partial charge on any atom is 0.463 e. The molecule has 1 aromatic carbocycles. The summed E-state index contributed by atoms with van der Waals surface area (Å²) >= 11 is 0. The van der Waals surface area contributed by atoms with Gasteiger partial charge in [0.2, 0.25) is 0 Å². The Bertz CT molecular complexity index is 687. The second-order valence-corrected chi connectivity index (χ2v) is 7.32. The molecule has 2 rings (SSSR count). The van der Waals surface area contributed by atoms with Crippen LogP contribution in [-0.2, 0) is 14.6 Å². The number of rotatable bonds is 3. The quantitative estimate of drug-likeness (QED) is 0.780. The average Bonchev–Trinajstić information content (AvgIpc) is 2.96. The zero-order valence-electron chi connectivity index (χ0n) is 11.6. The van der Waals surface area contributed by atoms with E-state index in [1.165, 1.54) is 24.3 Å². The fraction of sp³-hybridized carbons (Fsp3) is 0.462. The summed E-state index contributed by atoms with van der Waals surface area (Å²) in [6, 6.07) is 7.09. The Morgan fingerprint density at radius 2 is 1.65 bits per heavy atom. The summed E-state index contributed by atoms with van der Waals surface area (Å²) in [5.41, 5.74) is 0. The summed E-state index contributed by atoms with van der Waals surface area (Å²) in [7, 11) is -3.91. The molecule has 1 amide bonds. The van der Waals surface area contributed by atoms with Crippen molar-refractivity contribution < 1.29 is 35.2 Å². The van der Waals surface area contributed by atoms with Crippen LogP contribution in [0.15, 0.2) is 35.2 Å². The maximum atomic E-state index is 13.1. The molecule has 1 fully saturated rings. The van der Waals surface area contributed by atoms with Gasteiger partial charge in [-0.15, -0.1) is 0 Å². The first-order valence-electron chi connectivity index (χ1n) is 6.51. The number of carbonyl (C=O) groups excluding carboxylic acids is 1. The first-order valence-corrected chi connectivity index (χ1v) is 8.05. The van der Waals surface area contributed by atoms with Crippen molar-refractivity contribution in [1.29, 1.82) is 0 Å². The van der Waals surface area contributed by atoms with Crippen LogP contribution in [0.5, 0.6) is 0 Å². The van der Waals surface area contributed by atoms with Crippen LogP contribution >= 0.6 is 0 Å². The summed E-state index contributed by atoms with van der Waals surface area (Å²) < 4.78 is 87.4. The van der Waals surface area contributed by atoms with Crippen LogP contribution in [0.4, 0.5) is 22.0 Å².